The van der Waals surface area contributed by atoms with Gasteiger partial charge in [0.2, 0.25) is 70.9 Å². The molecule has 0 heterocycles. The molecular weight excluding hydrogens is 897 g/mol. The minimum Gasteiger partial charge on any atom is -0.508 e. The first-order valence-electron chi connectivity index (χ1n) is 21.8. The Morgan fingerprint density at radius 2 is 1.24 bits per heavy atom. The fourth-order valence-electron chi connectivity index (χ4n) is 6.43. The van der Waals surface area contributed by atoms with Crippen LogP contribution in [0, 0.1) is 5.92 Å². The highest BCUT2D eigenvalue weighted by Gasteiger charge is 2.39. The van der Waals surface area contributed by atoms with Gasteiger partial charge < -0.3 is 74.8 Å². The zero-order valence-electron chi connectivity index (χ0n) is 38.4. The van der Waals surface area contributed by atoms with Gasteiger partial charge in [-0.25, -0.2) is 0 Å². The number of aliphatic hydroxyl groups is 1. The van der Waals surface area contributed by atoms with Gasteiger partial charge in [0.05, 0.1) is 26.1 Å². The Morgan fingerprint density at radius 1 is 0.662 bits per heavy atom. The molecule has 0 bridgehead atoms. The molecule has 0 aliphatic heterocycles. The van der Waals surface area contributed by atoms with E-state index in [-0.39, 0.29) is 25.0 Å². The third kappa shape index (κ3) is 20.0. The molecule has 376 valence electrons. The lowest BCUT2D eigenvalue weighted by Crippen LogP contribution is -2.60. The van der Waals surface area contributed by atoms with Crippen LogP contribution in [0.4, 0.5) is 0 Å². The molecule has 1 aliphatic rings. The molecule has 26 heteroatoms. The molecule has 2 rings (SSSR count). The van der Waals surface area contributed by atoms with E-state index in [0.717, 1.165) is 4.90 Å². The number of phenolic OH excluding ortho intramolecular Hbond substituents is 1. The summed E-state index contributed by atoms with van der Waals surface area (Å²) in [6.07, 6.45) is -0.992. The Morgan fingerprint density at radius 3 is 1.78 bits per heavy atom. The molecule has 0 spiro atoms. The molecule has 1 aromatic rings. The number of nitrogens with zero attached hydrogens (tertiary/aromatic N) is 1. The van der Waals surface area contributed by atoms with Crippen LogP contribution in [0.3, 0.4) is 0 Å². The van der Waals surface area contributed by atoms with Crippen LogP contribution in [0.15, 0.2) is 24.3 Å². The minimum atomic E-state index is -1.76. The quantitative estimate of drug-likeness (QED) is 0.0342. The molecule has 1 saturated carbocycles. The molecule has 1 aliphatic carbocycles. The lowest BCUT2D eigenvalue weighted by molar-refractivity contribution is -0.141. The summed E-state index contributed by atoms with van der Waals surface area (Å²) >= 11 is 0. The van der Waals surface area contributed by atoms with Crippen molar-refractivity contribution < 1.29 is 67.7 Å². The molecule has 16 N–H and O–H groups in total. The number of phenols is 1. The maximum atomic E-state index is 14.0. The van der Waals surface area contributed by atoms with E-state index in [1.165, 1.54) is 38.2 Å². The second-order valence-corrected chi connectivity index (χ2v) is 16.2. The van der Waals surface area contributed by atoms with Gasteiger partial charge in [-0.1, -0.05) is 32.4 Å². The normalized spacial score (nSPS) is 14.9. The van der Waals surface area contributed by atoms with Crippen LogP contribution >= 0.6 is 0 Å². The van der Waals surface area contributed by atoms with Crippen molar-refractivity contribution in [3.63, 3.8) is 0 Å². The fourth-order valence-corrected chi connectivity index (χ4v) is 6.43. The maximum Gasteiger partial charge on any atom is 0.245 e. The van der Waals surface area contributed by atoms with E-state index in [9.17, 15) is 67.7 Å². The smallest absolute Gasteiger partial charge is 0.245 e. The van der Waals surface area contributed by atoms with Gasteiger partial charge in [0.1, 0.15) is 42.0 Å². The average molecular weight is 961 g/mol. The third-order valence-corrected chi connectivity index (χ3v) is 10.6. The molecule has 0 aromatic heterocycles. The van der Waals surface area contributed by atoms with Gasteiger partial charge >= 0.3 is 0 Å². The number of hydrogen-bond donors (Lipinski definition) is 13. The van der Waals surface area contributed by atoms with Gasteiger partial charge in [0.15, 0.2) is 0 Å². The van der Waals surface area contributed by atoms with Gasteiger partial charge in [-0.3, -0.25) is 57.5 Å². The summed E-state index contributed by atoms with van der Waals surface area (Å²) in [6, 6.07) is -3.61. The van der Waals surface area contributed by atoms with Gasteiger partial charge in [-0.2, -0.15) is 0 Å². The minimum absolute atomic E-state index is 0.0566. The van der Waals surface area contributed by atoms with Crippen LogP contribution in [0.5, 0.6) is 5.75 Å². The van der Waals surface area contributed by atoms with Gasteiger partial charge in [-0.05, 0) is 49.8 Å². The van der Waals surface area contributed by atoms with Crippen LogP contribution in [0.1, 0.15) is 77.7 Å². The molecular formula is C42H64N12O14. The van der Waals surface area contributed by atoms with Gasteiger partial charge in [0.25, 0.3) is 0 Å². The molecule has 0 radical (unpaired) electrons. The Hall–Kier alpha value is -7.38. The van der Waals surface area contributed by atoms with E-state index in [1.54, 1.807) is 13.8 Å². The van der Waals surface area contributed by atoms with Crippen molar-refractivity contribution in [2.75, 3.05) is 26.7 Å². The molecule has 68 heavy (non-hydrogen) atoms. The standard InChI is InChI=1S/C42H64N12O14/c1-5-21(2)36(53-40(66)27(16-23-6-10-25(56)11-7-23)49-34(61)15-14-33(60)46-4)41(67)51-26(12-13-30(43)57)38(64)52-28(17-31(44)58)39(65)48-22(3)42(68)54(24-8-9-24)19-35(62)50-29(20-55)37(63)47-18-32(45)59/h6-7,10-11,21-22,24,26-29,36,55-56H,5,8-9,12-20H2,1-4H3,(H2,43,57)(H2,44,58)(H2,45,59)(H,46,60)(H,47,63)(H,48,65)(H,49,61)(H,50,62)(H,51,67)(H,52,64)(H,53,66)/t21-,22-,26-,27-,28-,29-,36-/m0/s1. The first kappa shape index (κ1) is 56.7. The first-order valence-corrected chi connectivity index (χ1v) is 21.8. The van der Waals surface area contributed by atoms with E-state index in [0.29, 0.717) is 24.8 Å². The second kappa shape index (κ2) is 27.9. The summed E-state index contributed by atoms with van der Waals surface area (Å²) in [6.45, 7) is 2.55. The predicted molar refractivity (Wildman–Crippen MR) is 238 cm³/mol. The zero-order valence-corrected chi connectivity index (χ0v) is 38.4. The van der Waals surface area contributed by atoms with Crippen molar-refractivity contribution in [3.05, 3.63) is 29.8 Å². The van der Waals surface area contributed by atoms with E-state index >= 15 is 0 Å². The number of hydrogen-bond acceptors (Lipinski definition) is 14. The number of aliphatic hydroxyl groups excluding tert-OH is 1. The van der Waals surface area contributed by atoms with Crippen molar-refractivity contribution in [2.45, 2.75) is 121 Å². The van der Waals surface area contributed by atoms with Crippen molar-refractivity contribution in [3.8, 4) is 5.75 Å². The number of nitrogens with one attached hydrogen (secondary N) is 8. The Kier molecular flexibility index (Phi) is 23.3. The predicted octanol–water partition coefficient (Wildman–Crippen LogP) is -5.84. The molecule has 0 unspecified atom stereocenters. The molecule has 1 fully saturated rings. The third-order valence-electron chi connectivity index (χ3n) is 10.6. The lowest BCUT2D eigenvalue weighted by atomic mass is 9.96. The lowest BCUT2D eigenvalue weighted by Gasteiger charge is -2.29. The number of aromatic hydroxyl groups is 1. The first-order chi connectivity index (χ1) is 32.0. The SMILES string of the molecule is CC[C@H](C)[C@H](NC(=O)[C@H](Cc1ccc(O)cc1)NC(=O)CCC(=O)NC)C(=O)N[C@@H](CCC(N)=O)C(=O)N[C@@H](CC(N)=O)C(=O)N[C@@H](C)C(=O)N(CC(=O)N[C@@H](CO)C(=O)NCC(N)=O)C1CC1. The fraction of sp³-hybridized carbons (Fsp3) is 0.571. The topological polar surface area (TPSA) is 423 Å². The summed E-state index contributed by atoms with van der Waals surface area (Å²) < 4.78 is 0. The summed E-state index contributed by atoms with van der Waals surface area (Å²) in [5.74, 6) is -11.1. The summed E-state index contributed by atoms with van der Waals surface area (Å²) in [5, 5.41) is 38.5. The number of nitrogens with two attached hydrogens (primary N) is 3. The molecule has 7 atom stereocenters. The highest BCUT2D eigenvalue weighted by Crippen LogP contribution is 2.27. The number of carbonyl (C=O) groups is 12. The summed E-state index contributed by atoms with van der Waals surface area (Å²) in [7, 11) is 1.39. The maximum absolute atomic E-state index is 14.0. The highest BCUT2D eigenvalue weighted by atomic mass is 16.3. The number of primary amides is 3. The number of benzene rings is 1. The van der Waals surface area contributed by atoms with Crippen LogP contribution in [0.25, 0.3) is 0 Å². The van der Waals surface area contributed by atoms with Crippen LogP contribution in [-0.2, 0) is 64.0 Å². The van der Waals surface area contributed by atoms with Crippen LogP contribution in [-0.4, -0.2) is 155 Å². The van der Waals surface area contributed by atoms with E-state index in [2.05, 4.69) is 42.5 Å². The Bertz CT molecular complexity index is 2010. The van der Waals surface area contributed by atoms with Crippen molar-refractivity contribution in [1.82, 2.24) is 47.4 Å². The Labute approximate surface area is 391 Å². The number of carbonyl (C=O) groups excluding carboxylic acids is 12. The molecule has 12 amide bonds. The van der Waals surface area contributed by atoms with Crippen LogP contribution in [0.2, 0.25) is 0 Å². The highest BCUT2D eigenvalue weighted by molar-refractivity contribution is 5.99. The zero-order chi connectivity index (χ0) is 51.2. The molecule has 0 saturated heterocycles. The monoisotopic (exact) mass is 960 g/mol. The molecule has 1 aromatic carbocycles. The van der Waals surface area contributed by atoms with Crippen molar-refractivity contribution >= 4 is 70.9 Å². The number of rotatable bonds is 30. The molecule has 26 nitrogen and oxygen atoms in total. The van der Waals surface area contributed by atoms with E-state index in [1.807, 2.05) is 0 Å². The number of amides is 12. The summed E-state index contributed by atoms with van der Waals surface area (Å²) in [4.78, 5) is 155. The van der Waals surface area contributed by atoms with Crippen molar-refractivity contribution in [1.29, 1.82) is 0 Å². The van der Waals surface area contributed by atoms with Crippen LogP contribution < -0.4 is 59.7 Å². The Balaban J connectivity index is 2.29. The van der Waals surface area contributed by atoms with Crippen molar-refractivity contribution in [2.24, 2.45) is 23.1 Å². The summed E-state index contributed by atoms with van der Waals surface area (Å²) in [5.41, 5.74) is 16.3. The second-order valence-electron chi connectivity index (χ2n) is 16.2. The van der Waals surface area contributed by atoms with E-state index < -0.39 is 158 Å². The van der Waals surface area contributed by atoms with Gasteiger partial charge in [-0.15, -0.1) is 0 Å². The van der Waals surface area contributed by atoms with Gasteiger partial charge in [0, 0.05) is 38.8 Å². The van der Waals surface area contributed by atoms with E-state index in [4.69, 9.17) is 17.2 Å². The average Bonchev–Trinajstić information content (AvgIpc) is 4.13. The largest absolute Gasteiger partial charge is 0.508 e.